The van der Waals surface area contributed by atoms with E-state index < -0.39 is 0 Å². The molecular formula is C9H8ClNO2. The molecule has 0 aliphatic rings. The van der Waals surface area contributed by atoms with Crippen molar-refractivity contribution in [1.82, 2.24) is 4.98 Å². The smallest absolute Gasteiger partial charge is 0.229 e. The van der Waals surface area contributed by atoms with Gasteiger partial charge in [0.25, 0.3) is 0 Å². The van der Waals surface area contributed by atoms with E-state index in [9.17, 15) is 0 Å². The van der Waals surface area contributed by atoms with E-state index in [1.165, 1.54) is 13.3 Å². The van der Waals surface area contributed by atoms with Crippen molar-refractivity contribution in [2.75, 3.05) is 13.7 Å². The molecule has 0 saturated carbocycles. The van der Waals surface area contributed by atoms with Crippen LogP contribution in [0.25, 0.3) is 0 Å². The van der Waals surface area contributed by atoms with Crippen molar-refractivity contribution < 1.29 is 9.84 Å². The number of pyridine rings is 1. The highest BCUT2D eigenvalue weighted by atomic mass is 35.5. The maximum atomic E-state index is 8.49. The van der Waals surface area contributed by atoms with Gasteiger partial charge in [-0.05, 0) is 6.07 Å². The summed E-state index contributed by atoms with van der Waals surface area (Å²) < 4.78 is 4.94. The third-order valence-corrected chi connectivity index (χ3v) is 1.52. The van der Waals surface area contributed by atoms with Crippen molar-refractivity contribution >= 4 is 11.6 Å². The molecule has 0 radical (unpaired) electrons. The number of hydrogen-bond donors (Lipinski definition) is 1. The summed E-state index contributed by atoms with van der Waals surface area (Å²) in [5.74, 6) is 5.58. The second-order valence-electron chi connectivity index (χ2n) is 2.17. The van der Waals surface area contributed by atoms with E-state index in [0.29, 0.717) is 16.5 Å². The van der Waals surface area contributed by atoms with E-state index in [4.69, 9.17) is 21.4 Å². The first-order chi connectivity index (χ1) is 6.27. The van der Waals surface area contributed by atoms with Crippen molar-refractivity contribution in [3.63, 3.8) is 0 Å². The van der Waals surface area contributed by atoms with Crippen LogP contribution >= 0.6 is 11.6 Å². The summed E-state index contributed by atoms with van der Waals surface area (Å²) >= 11 is 5.70. The number of methoxy groups -OCH3 is 1. The van der Waals surface area contributed by atoms with Crippen LogP contribution in [0.15, 0.2) is 12.3 Å². The first kappa shape index (κ1) is 9.85. The predicted molar refractivity (Wildman–Crippen MR) is 49.8 cm³/mol. The van der Waals surface area contributed by atoms with Gasteiger partial charge in [0.1, 0.15) is 6.61 Å². The van der Waals surface area contributed by atoms with Crippen LogP contribution in [0, 0.1) is 11.8 Å². The lowest BCUT2D eigenvalue weighted by atomic mass is 10.3. The largest absolute Gasteiger partial charge is 0.480 e. The molecule has 0 fully saturated rings. The van der Waals surface area contributed by atoms with Crippen LogP contribution in [-0.2, 0) is 0 Å². The van der Waals surface area contributed by atoms with Crippen LogP contribution < -0.4 is 4.74 Å². The topological polar surface area (TPSA) is 42.4 Å². The molecule has 1 N–H and O–H groups in total. The van der Waals surface area contributed by atoms with Gasteiger partial charge in [0, 0.05) is 6.20 Å². The zero-order valence-corrected chi connectivity index (χ0v) is 7.80. The van der Waals surface area contributed by atoms with Crippen molar-refractivity contribution in [2.24, 2.45) is 0 Å². The summed E-state index contributed by atoms with van der Waals surface area (Å²) in [6, 6.07) is 1.63. The maximum absolute atomic E-state index is 8.49. The third kappa shape index (κ3) is 2.62. The molecule has 1 heterocycles. The molecule has 13 heavy (non-hydrogen) atoms. The van der Waals surface area contributed by atoms with Gasteiger partial charge in [-0.3, -0.25) is 0 Å². The molecule has 3 nitrogen and oxygen atoms in total. The highest BCUT2D eigenvalue weighted by molar-refractivity contribution is 6.30. The van der Waals surface area contributed by atoms with Gasteiger partial charge in [0.05, 0.1) is 17.7 Å². The molecule has 1 rings (SSSR count). The van der Waals surface area contributed by atoms with Crippen molar-refractivity contribution in [2.45, 2.75) is 0 Å². The Bertz CT molecular complexity index is 354. The lowest BCUT2D eigenvalue weighted by Gasteiger charge is -2.00. The summed E-state index contributed by atoms with van der Waals surface area (Å²) in [5, 5.41) is 8.98. The molecule has 0 saturated heterocycles. The monoisotopic (exact) mass is 197 g/mol. The molecule has 4 heteroatoms. The van der Waals surface area contributed by atoms with Gasteiger partial charge in [-0.25, -0.2) is 4.98 Å². The fourth-order valence-corrected chi connectivity index (χ4v) is 0.972. The van der Waals surface area contributed by atoms with E-state index in [1.54, 1.807) is 6.07 Å². The Balaban J connectivity index is 3.08. The summed E-state index contributed by atoms with van der Waals surface area (Å²) in [4.78, 5) is 3.91. The molecule has 0 atom stereocenters. The van der Waals surface area contributed by atoms with Gasteiger partial charge >= 0.3 is 0 Å². The molecular weight excluding hydrogens is 190 g/mol. The van der Waals surface area contributed by atoms with E-state index in [0.717, 1.165) is 0 Å². The van der Waals surface area contributed by atoms with Gasteiger partial charge in [0.2, 0.25) is 5.88 Å². The van der Waals surface area contributed by atoms with Crippen LogP contribution in [0.1, 0.15) is 5.56 Å². The summed E-state index contributed by atoms with van der Waals surface area (Å²) in [7, 11) is 1.50. The summed E-state index contributed by atoms with van der Waals surface area (Å²) in [5.41, 5.74) is 0.573. The fourth-order valence-electron chi connectivity index (χ4n) is 0.814. The van der Waals surface area contributed by atoms with E-state index in [-0.39, 0.29) is 6.61 Å². The molecule has 68 valence electrons. The Morgan fingerprint density at radius 3 is 3.08 bits per heavy atom. The van der Waals surface area contributed by atoms with E-state index >= 15 is 0 Å². The standard InChI is InChI=1S/C9H8ClNO2/c1-13-9-7(3-2-4-12)5-8(10)6-11-9/h5-6,12H,4H2,1H3. The first-order valence-electron chi connectivity index (χ1n) is 3.57. The van der Waals surface area contributed by atoms with Crippen LogP contribution in [0.2, 0.25) is 5.02 Å². The lowest BCUT2D eigenvalue weighted by molar-refractivity contribution is 0.350. The zero-order chi connectivity index (χ0) is 9.68. The number of aliphatic hydroxyl groups is 1. The second-order valence-corrected chi connectivity index (χ2v) is 2.61. The number of ether oxygens (including phenoxy) is 1. The van der Waals surface area contributed by atoms with Crippen LogP contribution in [0.3, 0.4) is 0 Å². The zero-order valence-electron chi connectivity index (χ0n) is 7.04. The predicted octanol–water partition coefficient (Wildman–Crippen LogP) is 1.09. The lowest BCUT2D eigenvalue weighted by Crippen LogP contribution is -1.91. The fraction of sp³-hybridized carbons (Fsp3) is 0.222. The van der Waals surface area contributed by atoms with Crippen molar-refractivity contribution in [3.8, 4) is 17.7 Å². The van der Waals surface area contributed by atoms with Crippen LogP contribution in [0.5, 0.6) is 5.88 Å². The third-order valence-electron chi connectivity index (χ3n) is 1.31. The molecule has 0 aromatic carbocycles. The minimum Gasteiger partial charge on any atom is -0.480 e. The van der Waals surface area contributed by atoms with Gasteiger partial charge in [0.15, 0.2) is 0 Å². The van der Waals surface area contributed by atoms with Crippen LogP contribution in [0.4, 0.5) is 0 Å². The van der Waals surface area contributed by atoms with Gasteiger partial charge in [-0.1, -0.05) is 23.4 Å². The van der Waals surface area contributed by atoms with Crippen LogP contribution in [-0.4, -0.2) is 23.8 Å². The molecule has 0 aliphatic heterocycles. The quantitative estimate of drug-likeness (QED) is 0.686. The highest BCUT2D eigenvalue weighted by Crippen LogP contribution is 2.17. The minimum atomic E-state index is -0.199. The van der Waals surface area contributed by atoms with E-state index in [1.807, 2.05) is 0 Å². The van der Waals surface area contributed by atoms with Crippen molar-refractivity contribution in [1.29, 1.82) is 0 Å². The Hall–Kier alpha value is -1.24. The normalized spacial score (nSPS) is 8.85. The first-order valence-corrected chi connectivity index (χ1v) is 3.95. The Labute approximate surface area is 81.3 Å². The average Bonchev–Trinajstić information content (AvgIpc) is 2.15. The number of rotatable bonds is 1. The van der Waals surface area contributed by atoms with E-state index in [2.05, 4.69) is 16.8 Å². The molecule has 1 aromatic heterocycles. The van der Waals surface area contributed by atoms with Gasteiger partial charge in [-0.2, -0.15) is 0 Å². The maximum Gasteiger partial charge on any atom is 0.229 e. The minimum absolute atomic E-state index is 0.199. The highest BCUT2D eigenvalue weighted by Gasteiger charge is 2.01. The number of aliphatic hydroxyl groups excluding tert-OH is 1. The number of halogens is 1. The number of hydrogen-bond acceptors (Lipinski definition) is 3. The molecule has 1 aromatic rings. The Morgan fingerprint density at radius 1 is 1.69 bits per heavy atom. The van der Waals surface area contributed by atoms with Gasteiger partial charge in [-0.15, -0.1) is 0 Å². The molecule has 0 unspecified atom stereocenters. The SMILES string of the molecule is COc1ncc(Cl)cc1C#CCO. The molecule has 0 spiro atoms. The molecule has 0 aliphatic carbocycles. The molecule has 0 bridgehead atoms. The summed E-state index contributed by atoms with van der Waals surface area (Å²) in [6.07, 6.45) is 1.48. The number of aromatic nitrogens is 1. The number of nitrogens with zero attached hydrogens (tertiary/aromatic N) is 1. The van der Waals surface area contributed by atoms with Gasteiger partial charge < -0.3 is 9.84 Å². The van der Waals surface area contributed by atoms with Crippen molar-refractivity contribution in [3.05, 3.63) is 22.8 Å². The Kier molecular flexibility index (Phi) is 3.56. The Morgan fingerprint density at radius 2 is 2.46 bits per heavy atom. The summed E-state index contributed by atoms with van der Waals surface area (Å²) in [6.45, 7) is -0.199. The average molecular weight is 198 g/mol. The second kappa shape index (κ2) is 4.70. The molecule has 0 amide bonds.